The summed E-state index contributed by atoms with van der Waals surface area (Å²) in [7, 11) is 0. The van der Waals surface area contributed by atoms with E-state index < -0.39 is 0 Å². The number of ether oxygens (including phenoxy) is 1. The second-order valence-electron chi connectivity index (χ2n) is 3.51. The molecule has 86 valence electrons. The molecule has 0 aliphatic heterocycles. The lowest BCUT2D eigenvalue weighted by molar-refractivity contribution is 0.402. The molecular formula is C15H20O. The van der Waals surface area contributed by atoms with Gasteiger partial charge in [0, 0.05) is 6.42 Å². The molecule has 16 heavy (non-hydrogen) atoms. The Balaban J connectivity index is 0.000000606. The van der Waals surface area contributed by atoms with E-state index in [2.05, 4.69) is 25.1 Å². The third kappa shape index (κ3) is 3.93. The van der Waals surface area contributed by atoms with Crippen LogP contribution in [0.5, 0.6) is 5.75 Å². The molecule has 2 rings (SSSR count). The number of aryl methyl sites for hydroxylation is 1. The molecule has 1 aromatic carbocycles. The van der Waals surface area contributed by atoms with E-state index in [0.29, 0.717) is 0 Å². The van der Waals surface area contributed by atoms with Gasteiger partial charge in [-0.2, -0.15) is 0 Å². The van der Waals surface area contributed by atoms with Crippen molar-refractivity contribution < 1.29 is 4.74 Å². The number of hydrogen-bond acceptors (Lipinski definition) is 1. The first-order valence-electron chi connectivity index (χ1n) is 5.95. The van der Waals surface area contributed by atoms with Gasteiger partial charge < -0.3 is 4.74 Å². The van der Waals surface area contributed by atoms with Crippen LogP contribution in [0.15, 0.2) is 48.3 Å². The highest BCUT2D eigenvalue weighted by Gasteiger charge is 2.01. The number of rotatable bonds is 2. The second-order valence-corrected chi connectivity index (χ2v) is 3.51. The van der Waals surface area contributed by atoms with Crippen LogP contribution in [0.25, 0.3) is 0 Å². The highest BCUT2D eigenvalue weighted by Crippen LogP contribution is 2.19. The fourth-order valence-electron chi connectivity index (χ4n) is 1.42. The van der Waals surface area contributed by atoms with E-state index >= 15 is 0 Å². The molecule has 1 aliphatic carbocycles. The van der Waals surface area contributed by atoms with Gasteiger partial charge in [-0.05, 0) is 31.6 Å². The van der Waals surface area contributed by atoms with E-state index in [1.165, 1.54) is 5.56 Å². The zero-order chi connectivity index (χ0) is 11.8. The van der Waals surface area contributed by atoms with Gasteiger partial charge in [-0.25, -0.2) is 0 Å². The maximum Gasteiger partial charge on any atom is 0.126 e. The van der Waals surface area contributed by atoms with Crippen molar-refractivity contribution in [3.05, 3.63) is 53.8 Å². The van der Waals surface area contributed by atoms with E-state index in [9.17, 15) is 0 Å². The summed E-state index contributed by atoms with van der Waals surface area (Å²) in [5.41, 5.74) is 1.26. The Labute approximate surface area is 98.5 Å². The Hall–Kier alpha value is -1.50. The van der Waals surface area contributed by atoms with Crippen LogP contribution in [-0.4, -0.2) is 0 Å². The van der Waals surface area contributed by atoms with Crippen molar-refractivity contribution in [3.8, 4) is 5.75 Å². The van der Waals surface area contributed by atoms with Gasteiger partial charge in [0.05, 0.1) is 0 Å². The van der Waals surface area contributed by atoms with Crippen molar-refractivity contribution in [2.45, 2.75) is 33.6 Å². The molecule has 0 saturated carbocycles. The summed E-state index contributed by atoms with van der Waals surface area (Å²) >= 11 is 0. The van der Waals surface area contributed by atoms with Crippen LogP contribution in [0.3, 0.4) is 0 Å². The summed E-state index contributed by atoms with van der Waals surface area (Å²) in [4.78, 5) is 0. The van der Waals surface area contributed by atoms with Crippen LogP contribution < -0.4 is 4.74 Å². The Bertz CT molecular complexity index is 358. The lowest BCUT2D eigenvalue weighted by Gasteiger charge is -2.10. The molecule has 1 aliphatic rings. The first-order valence-corrected chi connectivity index (χ1v) is 5.95. The van der Waals surface area contributed by atoms with Crippen LogP contribution in [0, 0.1) is 6.92 Å². The SMILES string of the molecule is CC.Cc1ccc(OC2=CC=CCC2)cc1. The summed E-state index contributed by atoms with van der Waals surface area (Å²) in [5.74, 6) is 1.98. The fourth-order valence-corrected chi connectivity index (χ4v) is 1.42. The van der Waals surface area contributed by atoms with Crippen LogP contribution in [-0.2, 0) is 0 Å². The van der Waals surface area contributed by atoms with Crippen molar-refractivity contribution in [1.82, 2.24) is 0 Å². The Morgan fingerprint density at radius 1 is 1.06 bits per heavy atom. The predicted octanol–water partition coefficient (Wildman–Crippen LogP) is 4.63. The molecule has 0 bridgehead atoms. The molecule has 1 nitrogen and oxygen atoms in total. The third-order valence-electron chi connectivity index (χ3n) is 2.25. The maximum absolute atomic E-state index is 5.72. The number of allylic oxidation sites excluding steroid dienone is 4. The van der Waals surface area contributed by atoms with Gasteiger partial charge in [-0.1, -0.05) is 43.7 Å². The molecule has 0 N–H and O–H groups in total. The molecule has 0 fully saturated rings. The smallest absolute Gasteiger partial charge is 0.126 e. The molecule has 0 radical (unpaired) electrons. The highest BCUT2D eigenvalue weighted by atomic mass is 16.5. The molecule has 0 saturated heterocycles. The average molecular weight is 216 g/mol. The van der Waals surface area contributed by atoms with Crippen molar-refractivity contribution in [3.63, 3.8) is 0 Å². The molecule has 0 atom stereocenters. The zero-order valence-corrected chi connectivity index (χ0v) is 10.4. The summed E-state index contributed by atoms with van der Waals surface area (Å²) in [6.45, 7) is 6.08. The van der Waals surface area contributed by atoms with E-state index in [-0.39, 0.29) is 0 Å². The van der Waals surface area contributed by atoms with Gasteiger partial charge in [0.25, 0.3) is 0 Å². The Kier molecular flexibility index (Phi) is 5.41. The van der Waals surface area contributed by atoms with Crippen LogP contribution in [0.1, 0.15) is 32.3 Å². The van der Waals surface area contributed by atoms with Crippen molar-refractivity contribution in [1.29, 1.82) is 0 Å². The minimum atomic E-state index is 0.928. The Morgan fingerprint density at radius 3 is 2.31 bits per heavy atom. The average Bonchev–Trinajstić information content (AvgIpc) is 2.36. The minimum absolute atomic E-state index is 0.928. The molecule has 0 spiro atoms. The maximum atomic E-state index is 5.72. The lowest BCUT2D eigenvalue weighted by atomic mass is 10.1. The molecular weight excluding hydrogens is 196 g/mol. The second kappa shape index (κ2) is 6.89. The first-order chi connectivity index (χ1) is 7.84. The number of benzene rings is 1. The summed E-state index contributed by atoms with van der Waals surface area (Å²) in [6.07, 6.45) is 8.32. The fraction of sp³-hybridized carbons (Fsp3) is 0.333. The van der Waals surface area contributed by atoms with E-state index in [1.807, 2.05) is 38.1 Å². The van der Waals surface area contributed by atoms with Gasteiger partial charge >= 0.3 is 0 Å². The topological polar surface area (TPSA) is 9.23 Å². The number of hydrogen-bond donors (Lipinski definition) is 0. The summed E-state index contributed by atoms with van der Waals surface area (Å²) in [6, 6.07) is 8.14. The quantitative estimate of drug-likeness (QED) is 0.700. The predicted molar refractivity (Wildman–Crippen MR) is 69.6 cm³/mol. The minimum Gasteiger partial charge on any atom is -0.462 e. The Morgan fingerprint density at radius 2 is 1.75 bits per heavy atom. The largest absolute Gasteiger partial charge is 0.462 e. The molecule has 0 heterocycles. The molecule has 0 unspecified atom stereocenters. The van der Waals surface area contributed by atoms with Crippen LogP contribution in [0.2, 0.25) is 0 Å². The summed E-state index contributed by atoms with van der Waals surface area (Å²) in [5, 5.41) is 0. The standard InChI is InChI=1S/C13H14O.C2H6/c1-11-7-9-13(10-8-11)14-12-5-3-2-4-6-12;1-2/h2-3,5,7-10H,4,6H2,1H3;1-2H3. The van der Waals surface area contributed by atoms with Crippen LogP contribution in [0.4, 0.5) is 0 Å². The van der Waals surface area contributed by atoms with Crippen molar-refractivity contribution >= 4 is 0 Å². The van der Waals surface area contributed by atoms with E-state index in [4.69, 9.17) is 4.74 Å². The third-order valence-corrected chi connectivity index (χ3v) is 2.25. The monoisotopic (exact) mass is 216 g/mol. The van der Waals surface area contributed by atoms with E-state index in [1.54, 1.807) is 0 Å². The summed E-state index contributed by atoms with van der Waals surface area (Å²) < 4.78 is 5.72. The lowest BCUT2D eigenvalue weighted by Crippen LogP contribution is -1.96. The van der Waals surface area contributed by atoms with Gasteiger partial charge in [0.1, 0.15) is 11.5 Å². The van der Waals surface area contributed by atoms with Gasteiger partial charge in [0.2, 0.25) is 0 Å². The van der Waals surface area contributed by atoms with Gasteiger partial charge in [-0.3, -0.25) is 0 Å². The molecule has 1 heteroatoms. The van der Waals surface area contributed by atoms with Gasteiger partial charge in [-0.15, -0.1) is 0 Å². The molecule has 0 amide bonds. The van der Waals surface area contributed by atoms with Crippen molar-refractivity contribution in [2.75, 3.05) is 0 Å². The highest BCUT2D eigenvalue weighted by molar-refractivity contribution is 5.29. The van der Waals surface area contributed by atoms with Gasteiger partial charge in [0.15, 0.2) is 0 Å². The van der Waals surface area contributed by atoms with Crippen molar-refractivity contribution in [2.24, 2.45) is 0 Å². The van der Waals surface area contributed by atoms with Crippen LogP contribution >= 0.6 is 0 Å². The normalized spacial score (nSPS) is 13.6. The van der Waals surface area contributed by atoms with E-state index in [0.717, 1.165) is 24.4 Å². The first kappa shape index (κ1) is 12.6. The zero-order valence-electron chi connectivity index (χ0n) is 10.4. The molecule has 0 aromatic heterocycles. The molecule has 1 aromatic rings.